The van der Waals surface area contributed by atoms with Gasteiger partial charge in [0.05, 0.1) is 12.2 Å². The quantitative estimate of drug-likeness (QED) is 0.570. The lowest BCUT2D eigenvalue weighted by molar-refractivity contribution is -0.0114. The predicted octanol–water partition coefficient (Wildman–Crippen LogP) is 3.40. The Morgan fingerprint density at radius 1 is 0.929 bits per heavy atom. The van der Waals surface area contributed by atoms with Gasteiger partial charge in [0.1, 0.15) is 0 Å². The molecule has 2 unspecified atom stereocenters. The Bertz CT molecular complexity index is 115. The van der Waals surface area contributed by atoms with E-state index in [-0.39, 0.29) is 0 Å². The molecule has 0 aliphatic heterocycles. The lowest BCUT2D eigenvalue weighted by atomic mass is 10.1. The number of hydrogen-bond donors (Lipinski definition) is 0. The van der Waals surface area contributed by atoms with Crippen molar-refractivity contribution >= 4 is 0 Å². The molecule has 0 bridgehead atoms. The lowest BCUT2D eigenvalue weighted by Gasteiger charge is -2.20. The minimum Gasteiger partial charge on any atom is -0.378 e. The summed E-state index contributed by atoms with van der Waals surface area (Å²) in [6.45, 7) is 10.3. The molecule has 0 saturated heterocycles. The van der Waals surface area contributed by atoms with Crippen LogP contribution in [0.5, 0.6) is 0 Å². The monoisotopic (exact) mass is 202 g/mol. The maximum Gasteiger partial charge on any atom is 0.0597 e. The largest absolute Gasteiger partial charge is 0.378 e. The zero-order chi connectivity index (χ0) is 10.8. The lowest BCUT2D eigenvalue weighted by Crippen LogP contribution is -2.21. The molecule has 0 N–H and O–H groups in total. The Kier molecular flexibility index (Phi) is 9.42. The van der Waals surface area contributed by atoms with Gasteiger partial charge in [0.15, 0.2) is 0 Å². The second-order valence-electron chi connectivity index (χ2n) is 3.82. The molecule has 0 fully saturated rings. The summed E-state index contributed by atoms with van der Waals surface area (Å²) in [5.74, 6) is 0. The standard InChI is InChI=1S/C12H26O2/c1-5-8-13-11(4)10-12(7-3)14-9-6-2/h11-12H,5-10H2,1-4H3. The molecule has 0 aromatic heterocycles. The van der Waals surface area contributed by atoms with Gasteiger partial charge in [0.2, 0.25) is 0 Å². The average molecular weight is 202 g/mol. The van der Waals surface area contributed by atoms with Crippen LogP contribution in [0.1, 0.15) is 53.4 Å². The minimum absolute atomic E-state index is 0.330. The first-order chi connectivity index (χ1) is 6.74. The summed E-state index contributed by atoms with van der Waals surface area (Å²) in [6, 6.07) is 0. The van der Waals surface area contributed by atoms with Crippen molar-refractivity contribution in [2.24, 2.45) is 0 Å². The molecule has 2 atom stereocenters. The summed E-state index contributed by atoms with van der Waals surface area (Å²) in [5.41, 5.74) is 0. The summed E-state index contributed by atoms with van der Waals surface area (Å²) < 4.78 is 11.3. The SMILES string of the molecule is CCCOC(C)CC(CC)OCCC. The van der Waals surface area contributed by atoms with Crippen LogP contribution < -0.4 is 0 Å². The summed E-state index contributed by atoms with van der Waals surface area (Å²) in [6.07, 6.45) is 5.01. The zero-order valence-electron chi connectivity index (χ0n) is 10.2. The van der Waals surface area contributed by atoms with Crippen LogP contribution in [0.3, 0.4) is 0 Å². The van der Waals surface area contributed by atoms with Crippen molar-refractivity contribution in [3.63, 3.8) is 0 Å². The Balaban J connectivity index is 3.57. The Labute approximate surface area is 89.0 Å². The molecule has 0 rings (SSSR count). The van der Waals surface area contributed by atoms with Crippen LogP contribution in [0.4, 0.5) is 0 Å². The second-order valence-corrected chi connectivity index (χ2v) is 3.82. The van der Waals surface area contributed by atoms with Crippen molar-refractivity contribution in [2.45, 2.75) is 65.6 Å². The topological polar surface area (TPSA) is 18.5 Å². The maximum atomic E-state index is 5.71. The Morgan fingerprint density at radius 3 is 2.00 bits per heavy atom. The van der Waals surface area contributed by atoms with Crippen LogP contribution in [0.2, 0.25) is 0 Å². The number of ether oxygens (including phenoxy) is 2. The molecule has 0 aromatic rings. The molecule has 0 spiro atoms. The first-order valence-electron chi connectivity index (χ1n) is 5.97. The van der Waals surface area contributed by atoms with Gasteiger partial charge in [-0.15, -0.1) is 0 Å². The van der Waals surface area contributed by atoms with Crippen LogP contribution in [-0.2, 0) is 9.47 Å². The summed E-state index contributed by atoms with van der Waals surface area (Å²) in [4.78, 5) is 0. The molecule has 0 saturated carbocycles. The molecule has 86 valence electrons. The highest BCUT2D eigenvalue weighted by Gasteiger charge is 2.11. The predicted molar refractivity (Wildman–Crippen MR) is 60.6 cm³/mol. The molecule has 0 radical (unpaired) electrons. The van der Waals surface area contributed by atoms with E-state index in [0.717, 1.165) is 38.9 Å². The van der Waals surface area contributed by atoms with Gasteiger partial charge >= 0.3 is 0 Å². The molecule has 0 heterocycles. The second kappa shape index (κ2) is 9.47. The van der Waals surface area contributed by atoms with E-state index in [0.29, 0.717) is 12.2 Å². The maximum absolute atomic E-state index is 5.71. The molecule has 0 aliphatic rings. The van der Waals surface area contributed by atoms with Gasteiger partial charge in [-0.05, 0) is 32.6 Å². The fourth-order valence-corrected chi connectivity index (χ4v) is 1.39. The summed E-state index contributed by atoms with van der Waals surface area (Å²) in [5, 5.41) is 0. The highest BCUT2D eigenvalue weighted by molar-refractivity contribution is 4.61. The first kappa shape index (κ1) is 13.9. The van der Waals surface area contributed by atoms with E-state index >= 15 is 0 Å². The highest BCUT2D eigenvalue weighted by atomic mass is 16.5. The van der Waals surface area contributed by atoms with Crippen molar-refractivity contribution in [1.29, 1.82) is 0 Å². The van der Waals surface area contributed by atoms with Gasteiger partial charge in [-0.3, -0.25) is 0 Å². The van der Waals surface area contributed by atoms with Crippen molar-refractivity contribution in [2.75, 3.05) is 13.2 Å². The zero-order valence-corrected chi connectivity index (χ0v) is 10.2. The molecule has 0 aromatic carbocycles. The van der Waals surface area contributed by atoms with E-state index in [2.05, 4.69) is 27.7 Å². The van der Waals surface area contributed by atoms with Crippen molar-refractivity contribution in [3.8, 4) is 0 Å². The Morgan fingerprint density at radius 2 is 1.50 bits per heavy atom. The third-order valence-corrected chi connectivity index (χ3v) is 2.21. The third-order valence-electron chi connectivity index (χ3n) is 2.21. The van der Waals surface area contributed by atoms with E-state index in [1.807, 2.05) is 0 Å². The van der Waals surface area contributed by atoms with Gasteiger partial charge in [0, 0.05) is 13.2 Å². The molecule has 0 aliphatic carbocycles. The van der Waals surface area contributed by atoms with Crippen LogP contribution in [0, 0.1) is 0 Å². The smallest absolute Gasteiger partial charge is 0.0597 e. The van der Waals surface area contributed by atoms with Gasteiger partial charge in [-0.2, -0.15) is 0 Å². The van der Waals surface area contributed by atoms with Gasteiger partial charge in [-0.1, -0.05) is 20.8 Å². The molecule has 0 amide bonds. The number of hydrogen-bond acceptors (Lipinski definition) is 2. The van der Waals surface area contributed by atoms with E-state index in [4.69, 9.17) is 9.47 Å². The van der Waals surface area contributed by atoms with E-state index in [1.165, 1.54) is 0 Å². The highest BCUT2D eigenvalue weighted by Crippen LogP contribution is 2.10. The van der Waals surface area contributed by atoms with Crippen LogP contribution in [0.25, 0.3) is 0 Å². The van der Waals surface area contributed by atoms with Crippen LogP contribution in [-0.4, -0.2) is 25.4 Å². The molecular formula is C12H26O2. The van der Waals surface area contributed by atoms with Crippen LogP contribution >= 0.6 is 0 Å². The average Bonchev–Trinajstić information content (AvgIpc) is 2.21. The van der Waals surface area contributed by atoms with E-state index < -0.39 is 0 Å². The van der Waals surface area contributed by atoms with Crippen molar-refractivity contribution in [3.05, 3.63) is 0 Å². The summed E-state index contributed by atoms with van der Waals surface area (Å²) >= 11 is 0. The third kappa shape index (κ3) is 7.34. The van der Waals surface area contributed by atoms with E-state index in [1.54, 1.807) is 0 Å². The fraction of sp³-hybridized carbons (Fsp3) is 1.00. The van der Waals surface area contributed by atoms with E-state index in [9.17, 15) is 0 Å². The fourth-order valence-electron chi connectivity index (χ4n) is 1.39. The van der Waals surface area contributed by atoms with Crippen molar-refractivity contribution in [1.82, 2.24) is 0 Å². The van der Waals surface area contributed by atoms with Gasteiger partial charge in [0.25, 0.3) is 0 Å². The summed E-state index contributed by atoms with van der Waals surface area (Å²) in [7, 11) is 0. The molecular weight excluding hydrogens is 176 g/mol. The molecule has 14 heavy (non-hydrogen) atoms. The molecule has 2 nitrogen and oxygen atoms in total. The van der Waals surface area contributed by atoms with Crippen molar-refractivity contribution < 1.29 is 9.47 Å². The van der Waals surface area contributed by atoms with Gasteiger partial charge in [-0.25, -0.2) is 0 Å². The Hall–Kier alpha value is -0.0800. The first-order valence-corrected chi connectivity index (χ1v) is 5.97. The number of rotatable bonds is 9. The van der Waals surface area contributed by atoms with Crippen LogP contribution in [0.15, 0.2) is 0 Å². The minimum atomic E-state index is 0.330. The molecule has 2 heteroatoms. The van der Waals surface area contributed by atoms with Gasteiger partial charge < -0.3 is 9.47 Å². The normalized spacial score (nSPS) is 15.4.